The Hall–Kier alpha value is -1.80. The molecule has 0 aliphatic carbocycles. The van der Waals surface area contributed by atoms with Crippen LogP contribution >= 0.6 is 0 Å². The maximum Gasteiger partial charge on any atom is 0.210 e. The molecule has 0 saturated carbocycles. The molecule has 1 heterocycles. The molecule has 0 spiro atoms. The third-order valence-corrected chi connectivity index (χ3v) is 1.75. The summed E-state index contributed by atoms with van der Waals surface area (Å²) < 4.78 is 0. The molecule has 0 atom stereocenters. The summed E-state index contributed by atoms with van der Waals surface area (Å²) in [6.45, 7) is -1.68. The quantitative estimate of drug-likeness (QED) is 0.400. The fraction of sp³-hybridized carbons (Fsp3) is 1.00. The zero-order valence-corrected chi connectivity index (χ0v) is 8.51. The fourth-order valence-corrected chi connectivity index (χ4v) is 0.971. The molecule has 1 rings (SSSR count). The number of hydrogen-bond acceptors (Lipinski definition) is 9. The highest BCUT2D eigenvalue weighted by atomic mass is 16.9. The summed E-state index contributed by atoms with van der Waals surface area (Å²) >= 11 is 0. The molecule has 1 aliphatic rings. The fourth-order valence-electron chi connectivity index (χ4n) is 0.971. The minimum Gasteiger partial charge on any atom is -0.748 e. The molecular formula is C4H10N7O6-. The SMILES string of the molecule is O=[N+]([O-])N1CNCON([O-])NCN([N+](=O)[O-])C1. The number of rotatable bonds is 2. The first kappa shape index (κ1) is 13.3. The second kappa shape index (κ2) is 6.06. The van der Waals surface area contributed by atoms with Crippen LogP contribution in [0.4, 0.5) is 0 Å². The first-order valence-corrected chi connectivity index (χ1v) is 4.33. The van der Waals surface area contributed by atoms with Crippen LogP contribution in [-0.4, -0.2) is 52.2 Å². The molecule has 0 aromatic rings. The van der Waals surface area contributed by atoms with E-state index < -0.39 is 23.4 Å². The monoisotopic (exact) mass is 252 g/mol. The molecule has 1 fully saturated rings. The van der Waals surface area contributed by atoms with Crippen LogP contribution in [0.2, 0.25) is 0 Å². The van der Waals surface area contributed by atoms with Gasteiger partial charge in [-0.3, -0.25) is 10.2 Å². The molecule has 0 bridgehead atoms. The van der Waals surface area contributed by atoms with Crippen molar-refractivity contribution in [2.75, 3.05) is 26.7 Å². The van der Waals surface area contributed by atoms with Gasteiger partial charge in [-0.15, -0.1) is 0 Å². The Morgan fingerprint density at radius 3 is 2.29 bits per heavy atom. The first-order valence-electron chi connectivity index (χ1n) is 4.33. The molecule has 0 amide bonds. The van der Waals surface area contributed by atoms with Crippen LogP contribution in [0.5, 0.6) is 0 Å². The van der Waals surface area contributed by atoms with Crippen molar-refractivity contribution < 1.29 is 14.9 Å². The van der Waals surface area contributed by atoms with Gasteiger partial charge in [0.2, 0.25) is 6.67 Å². The molecule has 98 valence electrons. The van der Waals surface area contributed by atoms with E-state index in [2.05, 4.69) is 10.2 Å². The van der Waals surface area contributed by atoms with Crippen LogP contribution in [0, 0.1) is 25.4 Å². The Labute approximate surface area is 94.2 Å². The molecule has 0 radical (unpaired) electrons. The van der Waals surface area contributed by atoms with Crippen LogP contribution < -0.4 is 10.7 Å². The van der Waals surface area contributed by atoms with E-state index in [-0.39, 0.29) is 18.7 Å². The number of nitrogens with one attached hydrogen (secondary N) is 2. The minimum atomic E-state index is -0.862. The molecule has 1 saturated heterocycles. The highest BCUT2D eigenvalue weighted by molar-refractivity contribution is 4.45. The summed E-state index contributed by atoms with van der Waals surface area (Å²) in [6.07, 6.45) is 0. The predicted octanol–water partition coefficient (Wildman–Crippen LogP) is -2.36. The topological polar surface area (TPSA) is 152 Å². The molecule has 13 heteroatoms. The summed E-state index contributed by atoms with van der Waals surface area (Å²) in [6, 6.07) is 0. The molecule has 2 N–H and O–H groups in total. The summed E-state index contributed by atoms with van der Waals surface area (Å²) in [5.74, 6) is 0. The van der Waals surface area contributed by atoms with Crippen molar-refractivity contribution in [1.82, 2.24) is 26.1 Å². The highest BCUT2D eigenvalue weighted by Gasteiger charge is 2.25. The molecule has 0 aromatic heterocycles. The smallest absolute Gasteiger partial charge is 0.210 e. The normalized spacial score (nSPS) is 20.1. The Balaban J connectivity index is 2.66. The lowest BCUT2D eigenvalue weighted by atomic mass is 10.8. The van der Waals surface area contributed by atoms with Crippen LogP contribution in [-0.2, 0) is 4.84 Å². The van der Waals surface area contributed by atoms with Crippen molar-refractivity contribution in [2.24, 2.45) is 0 Å². The lowest BCUT2D eigenvalue weighted by Crippen LogP contribution is -2.54. The van der Waals surface area contributed by atoms with Gasteiger partial charge in [-0.1, -0.05) is 10.0 Å². The Bertz CT molecular complexity index is 288. The van der Waals surface area contributed by atoms with E-state index in [1.807, 2.05) is 5.43 Å². The summed E-state index contributed by atoms with van der Waals surface area (Å²) in [4.78, 5) is 25.5. The molecule has 0 unspecified atom stereocenters. The first-order chi connectivity index (χ1) is 8.00. The van der Waals surface area contributed by atoms with Crippen LogP contribution in [0.1, 0.15) is 0 Å². The van der Waals surface area contributed by atoms with Gasteiger partial charge < -0.3 is 5.21 Å². The van der Waals surface area contributed by atoms with E-state index in [0.717, 1.165) is 0 Å². The van der Waals surface area contributed by atoms with Crippen LogP contribution in [0.25, 0.3) is 0 Å². The molecular weight excluding hydrogens is 242 g/mol. The number of hydrazine groups is 3. The largest absolute Gasteiger partial charge is 0.748 e. The third-order valence-electron chi connectivity index (χ3n) is 1.75. The number of hydrogen-bond donors (Lipinski definition) is 2. The average Bonchev–Trinajstić information content (AvgIpc) is 2.26. The van der Waals surface area contributed by atoms with Gasteiger partial charge >= 0.3 is 0 Å². The van der Waals surface area contributed by atoms with Gasteiger partial charge in [-0.2, -0.15) is 5.34 Å². The molecule has 17 heavy (non-hydrogen) atoms. The highest BCUT2D eigenvalue weighted by Crippen LogP contribution is 1.95. The lowest BCUT2D eigenvalue weighted by molar-refractivity contribution is -0.714. The minimum absolute atomic E-state index is 0.0642. The van der Waals surface area contributed by atoms with Gasteiger partial charge in [0.1, 0.15) is 20.1 Å². The van der Waals surface area contributed by atoms with Gasteiger partial charge in [0.05, 0.1) is 0 Å². The van der Waals surface area contributed by atoms with E-state index in [0.29, 0.717) is 10.0 Å². The van der Waals surface area contributed by atoms with E-state index in [9.17, 15) is 25.4 Å². The molecule has 13 nitrogen and oxygen atoms in total. The Kier molecular flexibility index (Phi) is 4.73. The second-order valence-electron chi connectivity index (χ2n) is 2.88. The van der Waals surface area contributed by atoms with Crippen molar-refractivity contribution in [1.29, 1.82) is 0 Å². The summed E-state index contributed by atoms with van der Waals surface area (Å²) in [5.41, 5.74) is 1.99. The Morgan fingerprint density at radius 2 is 1.71 bits per heavy atom. The summed E-state index contributed by atoms with van der Waals surface area (Å²) in [5, 5.41) is 33.6. The van der Waals surface area contributed by atoms with E-state index >= 15 is 0 Å². The van der Waals surface area contributed by atoms with Gasteiger partial charge in [0.25, 0.3) is 0 Å². The summed E-state index contributed by atoms with van der Waals surface area (Å²) in [7, 11) is 0. The van der Waals surface area contributed by atoms with Gasteiger partial charge in [0.15, 0.2) is 10.1 Å². The second-order valence-corrected chi connectivity index (χ2v) is 2.88. The van der Waals surface area contributed by atoms with Gasteiger partial charge in [-0.25, -0.2) is 25.7 Å². The molecule has 1 aliphatic heterocycles. The van der Waals surface area contributed by atoms with Crippen LogP contribution in [0.3, 0.4) is 0 Å². The zero-order valence-electron chi connectivity index (χ0n) is 8.51. The van der Waals surface area contributed by atoms with Crippen molar-refractivity contribution in [3.63, 3.8) is 0 Å². The lowest BCUT2D eigenvalue weighted by Gasteiger charge is -2.30. The van der Waals surface area contributed by atoms with Gasteiger partial charge in [-0.05, 0) is 0 Å². The van der Waals surface area contributed by atoms with Crippen molar-refractivity contribution >= 4 is 0 Å². The molecule has 0 aromatic carbocycles. The maximum absolute atomic E-state index is 10.8. The van der Waals surface area contributed by atoms with Crippen LogP contribution in [0.15, 0.2) is 0 Å². The van der Waals surface area contributed by atoms with E-state index in [4.69, 9.17) is 0 Å². The van der Waals surface area contributed by atoms with Crippen molar-refractivity contribution in [3.8, 4) is 0 Å². The Morgan fingerprint density at radius 1 is 1.12 bits per heavy atom. The van der Waals surface area contributed by atoms with E-state index in [1.165, 1.54) is 0 Å². The van der Waals surface area contributed by atoms with E-state index in [1.54, 1.807) is 0 Å². The maximum atomic E-state index is 10.8. The van der Waals surface area contributed by atoms with Crippen molar-refractivity contribution in [2.45, 2.75) is 0 Å². The zero-order chi connectivity index (χ0) is 12.8. The number of nitrogens with zero attached hydrogens (tertiary/aromatic N) is 5. The standard InChI is InChI=1S/C4H10N7O6/c12-9-6-2-8(11(15)16)4-7(10(13)14)1-5-3-17-9/h5-6H,1-4H2/q-1. The average molecular weight is 252 g/mol. The van der Waals surface area contributed by atoms with Crippen molar-refractivity contribution in [3.05, 3.63) is 25.4 Å². The van der Waals surface area contributed by atoms with Gasteiger partial charge in [0, 0.05) is 0 Å². The predicted molar refractivity (Wildman–Crippen MR) is 49.7 cm³/mol. The third kappa shape index (κ3) is 4.29. The number of nitro groups is 2.